The van der Waals surface area contributed by atoms with E-state index in [0.717, 1.165) is 5.69 Å². The largest absolute Gasteiger partial charge is 0.573 e. The van der Waals surface area contributed by atoms with Crippen LogP contribution in [0.1, 0.15) is 34.2 Å². The van der Waals surface area contributed by atoms with Crippen molar-refractivity contribution in [2.24, 2.45) is 0 Å². The molecule has 12 heteroatoms. The molecule has 0 aliphatic carbocycles. The molecule has 1 atom stereocenters. The molecule has 41 heavy (non-hydrogen) atoms. The van der Waals surface area contributed by atoms with Gasteiger partial charge in [0.15, 0.2) is 0 Å². The van der Waals surface area contributed by atoms with Gasteiger partial charge in [-0.25, -0.2) is 13.8 Å². The maximum Gasteiger partial charge on any atom is 0.573 e. The van der Waals surface area contributed by atoms with Gasteiger partial charge < -0.3 is 19.9 Å². The summed E-state index contributed by atoms with van der Waals surface area (Å²) in [6, 6.07) is 12.0. The number of aryl methyl sites for hydroxylation is 2. The number of anilines is 2. The third kappa shape index (κ3) is 6.06. The minimum Gasteiger partial charge on any atom is -0.406 e. The van der Waals surface area contributed by atoms with E-state index in [9.17, 15) is 22.4 Å². The van der Waals surface area contributed by atoms with Gasteiger partial charge in [-0.3, -0.25) is 9.20 Å². The van der Waals surface area contributed by atoms with Gasteiger partial charge in [-0.15, -0.1) is 13.2 Å². The number of hydrogen-bond acceptors (Lipinski definition) is 5. The lowest BCUT2D eigenvalue weighted by molar-refractivity contribution is -0.274. The van der Waals surface area contributed by atoms with Crippen LogP contribution in [0.2, 0.25) is 0 Å². The highest BCUT2D eigenvalue weighted by Gasteiger charge is 2.31. The van der Waals surface area contributed by atoms with Crippen molar-refractivity contribution in [3.8, 4) is 5.75 Å². The Hall–Kier alpha value is -4.35. The van der Waals surface area contributed by atoms with Crippen LogP contribution in [-0.2, 0) is 6.54 Å². The number of carbonyl (C=O) groups is 1. The van der Waals surface area contributed by atoms with Crippen molar-refractivity contribution >= 4 is 22.9 Å². The molecular formula is C29H28F5N5O2. The second-order valence-electron chi connectivity index (χ2n) is 10.1. The Morgan fingerprint density at radius 2 is 1.78 bits per heavy atom. The summed E-state index contributed by atoms with van der Waals surface area (Å²) < 4.78 is 72.0. The third-order valence-corrected chi connectivity index (χ3v) is 7.13. The lowest BCUT2D eigenvalue weighted by atomic mass is 10.1. The van der Waals surface area contributed by atoms with Crippen molar-refractivity contribution < 1.29 is 31.5 Å². The van der Waals surface area contributed by atoms with Crippen molar-refractivity contribution in [2.45, 2.75) is 39.7 Å². The molecule has 1 aliphatic rings. The van der Waals surface area contributed by atoms with E-state index in [0.29, 0.717) is 47.8 Å². The van der Waals surface area contributed by atoms with E-state index in [1.807, 2.05) is 16.7 Å². The number of hydrogen-bond donors (Lipinski definition) is 1. The highest BCUT2D eigenvalue weighted by molar-refractivity contribution is 5.94. The predicted molar refractivity (Wildman–Crippen MR) is 144 cm³/mol. The highest BCUT2D eigenvalue weighted by Crippen LogP contribution is 2.29. The molecule has 5 rings (SSSR count). The number of benzene rings is 2. The lowest BCUT2D eigenvalue weighted by Crippen LogP contribution is -2.52. The molecule has 1 saturated heterocycles. The van der Waals surface area contributed by atoms with E-state index in [2.05, 4.69) is 15.0 Å². The first-order valence-corrected chi connectivity index (χ1v) is 13.0. The van der Waals surface area contributed by atoms with Crippen LogP contribution in [0.25, 0.3) is 5.65 Å². The van der Waals surface area contributed by atoms with Crippen LogP contribution in [0.4, 0.5) is 33.3 Å². The molecule has 0 saturated carbocycles. The number of fused-ring (bicyclic) bond motifs is 1. The Balaban J connectivity index is 1.21. The van der Waals surface area contributed by atoms with E-state index >= 15 is 4.39 Å². The molecular weight excluding hydrogens is 545 g/mol. The summed E-state index contributed by atoms with van der Waals surface area (Å²) in [7, 11) is 0. The van der Waals surface area contributed by atoms with Gasteiger partial charge in [0.1, 0.15) is 28.7 Å². The van der Waals surface area contributed by atoms with Crippen molar-refractivity contribution in [3.63, 3.8) is 0 Å². The zero-order chi connectivity index (χ0) is 29.5. The molecule has 0 bridgehead atoms. The monoisotopic (exact) mass is 573 g/mol. The molecule has 2 aromatic heterocycles. The lowest BCUT2D eigenvalue weighted by Gasteiger charge is -2.42. The third-order valence-electron chi connectivity index (χ3n) is 7.13. The number of aromatic nitrogens is 2. The summed E-state index contributed by atoms with van der Waals surface area (Å²) in [6.07, 6.45) is -3.52. The summed E-state index contributed by atoms with van der Waals surface area (Å²) in [6.45, 7) is 6.85. The van der Waals surface area contributed by atoms with Gasteiger partial charge in [-0.2, -0.15) is 0 Å². The number of piperazine rings is 1. The molecule has 1 aliphatic heterocycles. The van der Waals surface area contributed by atoms with Gasteiger partial charge in [-0.05, 0) is 74.4 Å². The second kappa shape index (κ2) is 10.9. The zero-order valence-corrected chi connectivity index (χ0v) is 22.6. The summed E-state index contributed by atoms with van der Waals surface area (Å²) in [5, 5.41) is 2.76. The summed E-state index contributed by atoms with van der Waals surface area (Å²) in [4.78, 5) is 21.2. The minimum absolute atomic E-state index is 0.0427. The van der Waals surface area contributed by atoms with Crippen LogP contribution < -0.4 is 19.9 Å². The van der Waals surface area contributed by atoms with Gasteiger partial charge >= 0.3 is 6.36 Å². The summed E-state index contributed by atoms with van der Waals surface area (Å²) >= 11 is 0. The fourth-order valence-electron chi connectivity index (χ4n) is 5.13. The second-order valence-corrected chi connectivity index (χ2v) is 10.1. The van der Waals surface area contributed by atoms with Crippen molar-refractivity contribution in [2.75, 3.05) is 29.4 Å². The maximum atomic E-state index is 15.2. The number of rotatable bonds is 6. The standard InChI is InChI=1S/C29H28F5N5O2/c1-17-12-26-36-19(3)27(39(26)16-24(17)31)28(40)35-14-20-4-9-25(23(30)13-20)37-10-11-38(18(2)15-37)21-5-7-22(8-6-21)41-29(32,33)34/h4-9,12-13,16,18H,10-11,14-15H2,1-3H3,(H,35,40)/t18-/m0/s1. The van der Waals surface area contributed by atoms with Gasteiger partial charge in [-0.1, -0.05) is 6.07 Å². The van der Waals surface area contributed by atoms with Gasteiger partial charge in [0.25, 0.3) is 5.91 Å². The van der Waals surface area contributed by atoms with Crippen LogP contribution in [0.15, 0.2) is 54.7 Å². The number of halogens is 5. The molecule has 0 unspecified atom stereocenters. The van der Waals surface area contributed by atoms with E-state index in [4.69, 9.17) is 0 Å². The molecule has 7 nitrogen and oxygen atoms in total. The average molecular weight is 574 g/mol. The topological polar surface area (TPSA) is 62.1 Å². The first-order valence-electron chi connectivity index (χ1n) is 13.0. The quantitative estimate of drug-likeness (QED) is 0.297. The Morgan fingerprint density at radius 3 is 2.44 bits per heavy atom. The number of carbonyl (C=O) groups excluding carboxylic acids is 1. The fraction of sp³-hybridized carbons (Fsp3) is 0.310. The van der Waals surface area contributed by atoms with Crippen molar-refractivity contribution in [1.29, 1.82) is 0 Å². The average Bonchev–Trinajstić information content (AvgIpc) is 3.21. The van der Waals surface area contributed by atoms with Crippen LogP contribution >= 0.6 is 0 Å². The van der Waals surface area contributed by atoms with Crippen molar-refractivity contribution in [1.82, 2.24) is 14.7 Å². The van der Waals surface area contributed by atoms with Gasteiger partial charge in [0.05, 0.1) is 11.4 Å². The van der Waals surface area contributed by atoms with Crippen LogP contribution in [-0.4, -0.2) is 47.3 Å². The Kier molecular flexibility index (Phi) is 7.50. The Labute approximate surface area is 233 Å². The molecule has 3 heterocycles. The molecule has 2 aromatic carbocycles. The van der Waals surface area contributed by atoms with Crippen LogP contribution in [0, 0.1) is 25.5 Å². The van der Waals surface area contributed by atoms with Gasteiger partial charge in [0, 0.05) is 44.1 Å². The molecule has 4 aromatic rings. The summed E-state index contributed by atoms with van der Waals surface area (Å²) in [5.74, 6) is -1.63. The SMILES string of the molecule is Cc1cc2nc(C)c(C(=O)NCc3ccc(N4CCN(c5ccc(OC(F)(F)F)cc5)[C@@H](C)C4)c(F)c3)n2cc1F. The Bertz CT molecular complexity index is 1590. The highest BCUT2D eigenvalue weighted by atomic mass is 19.4. The molecule has 1 N–H and O–H groups in total. The summed E-state index contributed by atoms with van der Waals surface area (Å²) in [5.41, 5.74) is 3.28. The van der Waals surface area contributed by atoms with Crippen LogP contribution in [0.3, 0.4) is 0 Å². The van der Waals surface area contributed by atoms with Crippen molar-refractivity contribution in [3.05, 3.63) is 88.9 Å². The number of pyridine rings is 1. The first-order chi connectivity index (χ1) is 19.4. The number of imidazole rings is 1. The molecule has 0 spiro atoms. The smallest absolute Gasteiger partial charge is 0.406 e. The number of ether oxygens (including phenoxy) is 1. The maximum absolute atomic E-state index is 15.2. The molecule has 1 amide bonds. The zero-order valence-electron chi connectivity index (χ0n) is 22.6. The number of nitrogens with one attached hydrogen (secondary N) is 1. The van der Waals surface area contributed by atoms with Crippen LogP contribution in [0.5, 0.6) is 5.75 Å². The first kappa shape index (κ1) is 28.2. The normalized spacial score (nSPS) is 15.9. The van der Waals surface area contributed by atoms with E-state index in [1.165, 1.54) is 28.8 Å². The molecule has 1 fully saturated rings. The number of amides is 1. The molecule has 0 radical (unpaired) electrons. The fourth-order valence-corrected chi connectivity index (χ4v) is 5.13. The van der Waals surface area contributed by atoms with E-state index in [-0.39, 0.29) is 24.0 Å². The Morgan fingerprint density at radius 1 is 1.05 bits per heavy atom. The number of nitrogens with zero attached hydrogens (tertiary/aromatic N) is 4. The van der Waals surface area contributed by atoms with E-state index < -0.39 is 23.9 Å². The molecule has 216 valence electrons. The predicted octanol–water partition coefficient (Wildman–Crippen LogP) is 5.77. The minimum atomic E-state index is -4.75. The van der Waals surface area contributed by atoms with Gasteiger partial charge in [0.2, 0.25) is 0 Å². The van der Waals surface area contributed by atoms with E-state index in [1.54, 1.807) is 44.2 Å². The number of alkyl halides is 3.